The van der Waals surface area contributed by atoms with Crippen LogP contribution in [-0.2, 0) is 21.4 Å². The van der Waals surface area contributed by atoms with Gasteiger partial charge < -0.3 is 10.1 Å². The van der Waals surface area contributed by atoms with Gasteiger partial charge in [0.25, 0.3) is 0 Å². The Bertz CT molecular complexity index is 994. The average Bonchev–Trinajstić information content (AvgIpc) is 3.16. The molecule has 1 amide bonds. The van der Waals surface area contributed by atoms with Crippen LogP contribution in [0.1, 0.15) is 35.1 Å². The quantitative estimate of drug-likeness (QED) is 0.785. The molecule has 1 N–H and O–H groups in total. The van der Waals surface area contributed by atoms with Crippen molar-refractivity contribution in [1.29, 1.82) is 0 Å². The lowest BCUT2D eigenvalue weighted by molar-refractivity contribution is -0.124. The lowest BCUT2D eigenvalue weighted by Gasteiger charge is -2.25. The number of nitrogens with one attached hydrogen (secondary N) is 1. The molecule has 156 valence electrons. The maximum Gasteiger partial charge on any atom is 0.244 e. The summed E-state index contributed by atoms with van der Waals surface area (Å²) in [6.45, 7) is 6.19. The fraction of sp³-hybridized carbons (Fsp3) is 0.409. The molecule has 29 heavy (non-hydrogen) atoms. The van der Waals surface area contributed by atoms with Gasteiger partial charge in [0.2, 0.25) is 15.9 Å². The average molecular weight is 417 g/mol. The van der Waals surface area contributed by atoms with Crippen molar-refractivity contribution in [2.24, 2.45) is 0 Å². The van der Waals surface area contributed by atoms with Crippen molar-refractivity contribution < 1.29 is 17.9 Å². The molecule has 2 aromatic carbocycles. The van der Waals surface area contributed by atoms with E-state index in [4.69, 9.17) is 4.74 Å². The molecule has 0 aliphatic carbocycles. The Morgan fingerprint density at radius 2 is 1.83 bits per heavy atom. The Kier molecular flexibility index (Phi) is 6.29. The topological polar surface area (TPSA) is 75.7 Å². The number of aryl methyl sites for hydroxylation is 3. The third-order valence-corrected chi connectivity index (χ3v) is 7.54. The standard InChI is InChI=1S/C22H28N2O4S/c1-15-12-16(2)21(17(3)13-15)29(26,27)24-11-7-9-19(24)22(25)23-14-18-8-5-6-10-20(18)28-4/h5-6,8,10,12-13,19H,7,9,11,14H2,1-4H3,(H,23,25)/t19-/m1/s1. The molecule has 0 spiro atoms. The Labute approximate surface area is 172 Å². The molecule has 0 radical (unpaired) electrons. The lowest BCUT2D eigenvalue weighted by atomic mass is 10.1. The highest BCUT2D eigenvalue weighted by molar-refractivity contribution is 7.89. The van der Waals surface area contributed by atoms with E-state index in [1.165, 1.54) is 4.31 Å². The Balaban J connectivity index is 1.81. The number of hydrogen-bond acceptors (Lipinski definition) is 4. The highest BCUT2D eigenvalue weighted by Crippen LogP contribution is 2.31. The van der Waals surface area contributed by atoms with E-state index in [1.54, 1.807) is 21.0 Å². The van der Waals surface area contributed by atoms with Crippen LogP contribution in [0.15, 0.2) is 41.3 Å². The van der Waals surface area contributed by atoms with Crippen molar-refractivity contribution in [2.75, 3.05) is 13.7 Å². The minimum atomic E-state index is -3.76. The van der Waals surface area contributed by atoms with Crippen LogP contribution in [0.5, 0.6) is 5.75 Å². The number of ether oxygens (including phenoxy) is 1. The zero-order valence-electron chi connectivity index (χ0n) is 17.4. The van der Waals surface area contributed by atoms with Crippen molar-refractivity contribution in [2.45, 2.75) is 51.1 Å². The van der Waals surface area contributed by atoms with Crippen LogP contribution in [0.2, 0.25) is 0 Å². The smallest absolute Gasteiger partial charge is 0.244 e. The van der Waals surface area contributed by atoms with Crippen molar-refractivity contribution in [1.82, 2.24) is 9.62 Å². The monoisotopic (exact) mass is 416 g/mol. The van der Waals surface area contributed by atoms with Gasteiger partial charge in [-0.2, -0.15) is 4.31 Å². The van der Waals surface area contributed by atoms with E-state index in [0.717, 1.165) is 11.1 Å². The van der Waals surface area contributed by atoms with Crippen molar-refractivity contribution in [3.8, 4) is 5.75 Å². The highest BCUT2D eigenvalue weighted by Gasteiger charge is 2.40. The summed E-state index contributed by atoms with van der Waals surface area (Å²) in [6.07, 6.45) is 1.18. The molecule has 0 aromatic heterocycles. The molecule has 1 saturated heterocycles. The summed E-state index contributed by atoms with van der Waals surface area (Å²) in [5, 5.41) is 2.88. The van der Waals surface area contributed by atoms with Crippen LogP contribution in [0.4, 0.5) is 0 Å². The minimum Gasteiger partial charge on any atom is -0.496 e. The second-order valence-electron chi connectivity index (χ2n) is 7.53. The number of amides is 1. The number of sulfonamides is 1. The third kappa shape index (κ3) is 4.31. The first kappa shape index (κ1) is 21.3. The molecule has 1 fully saturated rings. The fourth-order valence-corrected chi connectivity index (χ4v) is 6.20. The normalized spacial score (nSPS) is 17.3. The molecule has 1 aliphatic heterocycles. The van der Waals surface area contributed by atoms with E-state index in [1.807, 2.05) is 43.3 Å². The van der Waals surface area contributed by atoms with E-state index in [2.05, 4.69) is 5.32 Å². The van der Waals surface area contributed by atoms with E-state index in [-0.39, 0.29) is 12.5 Å². The number of rotatable bonds is 6. The van der Waals surface area contributed by atoms with Gasteiger partial charge in [-0.05, 0) is 50.8 Å². The van der Waals surface area contributed by atoms with Crippen molar-refractivity contribution in [3.05, 3.63) is 58.7 Å². The minimum absolute atomic E-state index is 0.278. The summed E-state index contributed by atoms with van der Waals surface area (Å²) in [5.41, 5.74) is 3.29. The van der Waals surface area contributed by atoms with Gasteiger partial charge in [0.1, 0.15) is 11.8 Å². The van der Waals surface area contributed by atoms with E-state index in [0.29, 0.717) is 41.2 Å². The number of carbonyl (C=O) groups is 1. The predicted octanol–water partition coefficient (Wildman–Crippen LogP) is 3.09. The van der Waals surface area contributed by atoms with Gasteiger partial charge in [0.05, 0.1) is 12.0 Å². The second-order valence-corrected chi connectivity index (χ2v) is 9.36. The summed E-state index contributed by atoms with van der Waals surface area (Å²) in [4.78, 5) is 13.2. The number of para-hydroxylation sites is 1. The Hall–Kier alpha value is -2.38. The summed E-state index contributed by atoms with van der Waals surface area (Å²) in [7, 11) is -2.18. The summed E-state index contributed by atoms with van der Waals surface area (Å²) in [6, 6.07) is 10.5. The van der Waals surface area contributed by atoms with Crippen LogP contribution in [0.25, 0.3) is 0 Å². The third-order valence-electron chi connectivity index (χ3n) is 5.32. The largest absolute Gasteiger partial charge is 0.496 e. The molecule has 1 heterocycles. The Morgan fingerprint density at radius 3 is 2.48 bits per heavy atom. The maximum absolute atomic E-state index is 13.4. The zero-order chi connectivity index (χ0) is 21.2. The van der Waals surface area contributed by atoms with Crippen LogP contribution in [-0.4, -0.2) is 38.3 Å². The number of benzene rings is 2. The number of methoxy groups -OCH3 is 1. The Morgan fingerprint density at radius 1 is 1.17 bits per heavy atom. The van der Waals surface area contributed by atoms with Crippen LogP contribution < -0.4 is 10.1 Å². The number of nitrogens with zero attached hydrogens (tertiary/aromatic N) is 1. The summed E-state index contributed by atoms with van der Waals surface area (Å²) >= 11 is 0. The van der Waals surface area contributed by atoms with E-state index < -0.39 is 16.1 Å². The SMILES string of the molecule is COc1ccccc1CNC(=O)[C@H]1CCCN1S(=O)(=O)c1c(C)cc(C)cc1C. The summed E-state index contributed by atoms with van der Waals surface area (Å²) < 4.78 is 33.5. The first-order chi connectivity index (χ1) is 13.8. The molecule has 1 aliphatic rings. The number of carbonyl (C=O) groups excluding carboxylic acids is 1. The van der Waals surface area contributed by atoms with Gasteiger partial charge in [-0.1, -0.05) is 35.9 Å². The second kappa shape index (κ2) is 8.55. The van der Waals surface area contributed by atoms with Crippen molar-refractivity contribution >= 4 is 15.9 Å². The molecule has 2 aromatic rings. The van der Waals surface area contributed by atoms with Gasteiger partial charge in [-0.15, -0.1) is 0 Å². The molecular formula is C22H28N2O4S. The predicted molar refractivity (Wildman–Crippen MR) is 112 cm³/mol. The lowest BCUT2D eigenvalue weighted by Crippen LogP contribution is -2.46. The molecule has 0 saturated carbocycles. The van der Waals surface area contributed by atoms with Crippen LogP contribution in [0, 0.1) is 20.8 Å². The van der Waals surface area contributed by atoms with Gasteiger partial charge in [0, 0.05) is 18.7 Å². The molecule has 3 rings (SSSR count). The fourth-order valence-electron chi connectivity index (χ4n) is 4.13. The first-order valence-corrected chi connectivity index (χ1v) is 11.2. The van der Waals surface area contributed by atoms with Gasteiger partial charge in [-0.25, -0.2) is 8.42 Å². The molecule has 1 atom stereocenters. The molecule has 0 bridgehead atoms. The first-order valence-electron chi connectivity index (χ1n) is 9.75. The van der Waals surface area contributed by atoms with E-state index >= 15 is 0 Å². The number of hydrogen-bond donors (Lipinski definition) is 1. The van der Waals surface area contributed by atoms with Crippen LogP contribution >= 0.6 is 0 Å². The van der Waals surface area contributed by atoms with Crippen molar-refractivity contribution in [3.63, 3.8) is 0 Å². The van der Waals surface area contributed by atoms with Gasteiger partial charge in [0.15, 0.2) is 0 Å². The highest BCUT2D eigenvalue weighted by atomic mass is 32.2. The molecule has 6 nitrogen and oxygen atoms in total. The maximum atomic E-state index is 13.4. The molecule has 0 unspecified atom stereocenters. The summed E-state index contributed by atoms with van der Waals surface area (Å²) in [5.74, 6) is 0.411. The van der Waals surface area contributed by atoms with Gasteiger partial charge in [-0.3, -0.25) is 4.79 Å². The van der Waals surface area contributed by atoms with E-state index in [9.17, 15) is 13.2 Å². The molecular weight excluding hydrogens is 388 g/mol. The molecule has 7 heteroatoms. The van der Waals surface area contributed by atoms with Gasteiger partial charge >= 0.3 is 0 Å². The van der Waals surface area contributed by atoms with Crippen LogP contribution in [0.3, 0.4) is 0 Å². The zero-order valence-corrected chi connectivity index (χ0v) is 18.2.